The average Bonchev–Trinajstić information content (AvgIpc) is 3.03. The van der Waals surface area contributed by atoms with Crippen molar-refractivity contribution >= 4 is 17.4 Å². The fourth-order valence-corrected chi connectivity index (χ4v) is 2.73. The molecule has 0 fully saturated rings. The summed E-state index contributed by atoms with van der Waals surface area (Å²) < 4.78 is 1.71. The van der Waals surface area contributed by atoms with Crippen LogP contribution in [-0.2, 0) is 0 Å². The molecule has 0 aliphatic carbocycles. The summed E-state index contributed by atoms with van der Waals surface area (Å²) >= 11 is 0. The molecule has 2 N–H and O–H groups in total. The molecule has 0 saturated carbocycles. The van der Waals surface area contributed by atoms with Crippen molar-refractivity contribution in [1.29, 1.82) is 5.26 Å². The van der Waals surface area contributed by atoms with Crippen molar-refractivity contribution in [3.63, 3.8) is 0 Å². The average molecular weight is 373 g/mol. The molecule has 0 aromatic carbocycles. The van der Waals surface area contributed by atoms with Crippen LogP contribution in [0.1, 0.15) is 37.9 Å². The van der Waals surface area contributed by atoms with E-state index in [9.17, 15) is 5.26 Å². The van der Waals surface area contributed by atoms with Crippen LogP contribution in [-0.4, -0.2) is 32.3 Å². The molecule has 3 aromatic heterocycles. The van der Waals surface area contributed by atoms with E-state index >= 15 is 0 Å². The largest absolute Gasteiger partial charge is 0.404 e. The van der Waals surface area contributed by atoms with E-state index in [1.807, 2.05) is 31.3 Å². The molecule has 0 aliphatic rings. The number of hydrogen-bond donors (Lipinski definition) is 1. The SMILES string of the molecule is Cc1nc2cc(-c3nc(C#N)ccc3C(C=NCC(C)(C)C)=CN)ccn2n1. The molecule has 0 amide bonds. The molecular formula is C21H23N7. The van der Waals surface area contributed by atoms with Crippen molar-refractivity contribution in [2.75, 3.05) is 6.54 Å². The Hall–Kier alpha value is -3.53. The number of aryl methyl sites for hydroxylation is 1. The molecule has 28 heavy (non-hydrogen) atoms. The first kappa shape index (κ1) is 19.2. The number of aliphatic imine (C=N–C) groups is 1. The molecule has 0 aliphatic heterocycles. The van der Waals surface area contributed by atoms with Gasteiger partial charge >= 0.3 is 0 Å². The maximum Gasteiger partial charge on any atom is 0.156 e. The Kier molecular flexibility index (Phi) is 5.23. The van der Waals surface area contributed by atoms with E-state index in [0.717, 1.165) is 16.7 Å². The van der Waals surface area contributed by atoms with Crippen LogP contribution in [0.15, 0.2) is 41.7 Å². The van der Waals surface area contributed by atoms with Crippen LogP contribution in [0.4, 0.5) is 0 Å². The second kappa shape index (κ2) is 7.61. The lowest BCUT2D eigenvalue weighted by molar-refractivity contribution is 0.430. The number of hydrogen-bond acceptors (Lipinski definition) is 6. The Morgan fingerprint density at radius 2 is 2.07 bits per heavy atom. The van der Waals surface area contributed by atoms with Gasteiger partial charge in [0.2, 0.25) is 0 Å². The van der Waals surface area contributed by atoms with Crippen molar-refractivity contribution in [3.05, 3.63) is 53.7 Å². The summed E-state index contributed by atoms with van der Waals surface area (Å²) in [5.74, 6) is 0.688. The second-order valence-electron chi connectivity index (χ2n) is 7.73. The predicted molar refractivity (Wildman–Crippen MR) is 111 cm³/mol. The van der Waals surface area contributed by atoms with Gasteiger partial charge in [-0.15, -0.1) is 0 Å². The lowest BCUT2D eigenvalue weighted by atomic mass is 9.97. The van der Waals surface area contributed by atoms with Crippen molar-refractivity contribution < 1.29 is 0 Å². The van der Waals surface area contributed by atoms with Gasteiger partial charge in [0.25, 0.3) is 0 Å². The van der Waals surface area contributed by atoms with Crippen molar-refractivity contribution in [2.45, 2.75) is 27.7 Å². The monoisotopic (exact) mass is 373 g/mol. The summed E-state index contributed by atoms with van der Waals surface area (Å²) in [5.41, 5.74) is 10.1. The zero-order chi connectivity index (χ0) is 20.3. The highest BCUT2D eigenvalue weighted by Gasteiger charge is 2.14. The summed E-state index contributed by atoms with van der Waals surface area (Å²) in [5, 5.41) is 13.6. The van der Waals surface area contributed by atoms with Gasteiger partial charge in [-0.25, -0.2) is 14.5 Å². The van der Waals surface area contributed by atoms with Crippen LogP contribution in [0.25, 0.3) is 22.5 Å². The van der Waals surface area contributed by atoms with Gasteiger partial charge in [-0.1, -0.05) is 20.8 Å². The molecule has 3 heterocycles. The van der Waals surface area contributed by atoms with Crippen LogP contribution in [0.2, 0.25) is 0 Å². The molecule has 3 rings (SSSR count). The van der Waals surface area contributed by atoms with Gasteiger partial charge in [0, 0.05) is 41.9 Å². The third-order valence-corrected chi connectivity index (χ3v) is 4.01. The zero-order valence-electron chi connectivity index (χ0n) is 16.5. The third kappa shape index (κ3) is 4.23. The van der Waals surface area contributed by atoms with E-state index in [4.69, 9.17) is 5.73 Å². The first-order chi connectivity index (χ1) is 13.3. The number of nitrogens with zero attached hydrogens (tertiary/aromatic N) is 6. The minimum absolute atomic E-state index is 0.0819. The Labute approximate surface area is 164 Å². The molecule has 0 saturated heterocycles. The van der Waals surface area contributed by atoms with Gasteiger partial charge in [0.15, 0.2) is 5.65 Å². The van der Waals surface area contributed by atoms with Crippen LogP contribution >= 0.6 is 0 Å². The Morgan fingerprint density at radius 1 is 1.29 bits per heavy atom. The summed E-state index contributed by atoms with van der Waals surface area (Å²) in [7, 11) is 0. The molecular weight excluding hydrogens is 350 g/mol. The Bertz CT molecular complexity index is 1110. The van der Waals surface area contributed by atoms with Crippen molar-refractivity contribution in [1.82, 2.24) is 19.6 Å². The molecule has 0 unspecified atom stereocenters. The minimum Gasteiger partial charge on any atom is -0.404 e. The number of fused-ring (bicyclic) bond motifs is 1. The first-order valence-electron chi connectivity index (χ1n) is 8.97. The molecule has 0 bridgehead atoms. The van der Waals surface area contributed by atoms with E-state index in [2.05, 4.69) is 46.9 Å². The highest BCUT2D eigenvalue weighted by molar-refractivity contribution is 6.11. The standard InChI is InChI=1S/C21H23N7/c1-14-25-19-9-15(7-8-28(19)27-14)20-18(6-5-17(11-23)26-20)16(10-22)12-24-13-21(2,3)4/h5-10,12H,13,22H2,1-4H3. The van der Waals surface area contributed by atoms with Crippen LogP contribution in [0.3, 0.4) is 0 Å². The van der Waals surface area contributed by atoms with Crippen molar-refractivity contribution in [2.24, 2.45) is 16.1 Å². The lowest BCUT2D eigenvalue weighted by Crippen LogP contribution is -2.09. The van der Waals surface area contributed by atoms with Crippen molar-refractivity contribution in [3.8, 4) is 17.3 Å². The van der Waals surface area contributed by atoms with Gasteiger partial charge < -0.3 is 5.73 Å². The van der Waals surface area contributed by atoms with Crippen LogP contribution in [0, 0.1) is 23.7 Å². The minimum atomic E-state index is 0.0819. The molecule has 7 heteroatoms. The maximum absolute atomic E-state index is 9.30. The number of rotatable bonds is 4. The van der Waals surface area contributed by atoms with Gasteiger partial charge in [0.1, 0.15) is 17.6 Å². The highest BCUT2D eigenvalue weighted by atomic mass is 15.3. The zero-order valence-corrected chi connectivity index (χ0v) is 16.5. The fourth-order valence-electron chi connectivity index (χ4n) is 2.73. The first-order valence-corrected chi connectivity index (χ1v) is 8.97. The molecule has 142 valence electrons. The van der Waals surface area contributed by atoms with Crippen LogP contribution < -0.4 is 5.73 Å². The number of pyridine rings is 2. The van der Waals surface area contributed by atoms with Gasteiger partial charge in [-0.05, 0) is 36.6 Å². The number of allylic oxidation sites excluding steroid dienone is 1. The molecule has 0 radical (unpaired) electrons. The van der Waals surface area contributed by atoms with E-state index in [1.54, 1.807) is 16.8 Å². The number of nitriles is 1. The predicted octanol–water partition coefficient (Wildman–Crippen LogP) is 3.39. The lowest BCUT2D eigenvalue weighted by Gasteiger charge is -2.14. The molecule has 0 atom stereocenters. The second-order valence-corrected chi connectivity index (χ2v) is 7.73. The summed E-state index contributed by atoms with van der Waals surface area (Å²) in [6.07, 6.45) is 5.10. The number of aromatic nitrogens is 4. The summed E-state index contributed by atoms with van der Waals surface area (Å²) in [6, 6.07) is 9.42. The van der Waals surface area contributed by atoms with E-state index in [0.29, 0.717) is 29.4 Å². The van der Waals surface area contributed by atoms with Gasteiger partial charge in [-0.2, -0.15) is 10.4 Å². The third-order valence-electron chi connectivity index (χ3n) is 4.01. The van der Waals surface area contributed by atoms with E-state index in [1.165, 1.54) is 6.20 Å². The summed E-state index contributed by atoms with van der Waals surface area (Å²) in [4.78, 5) is 13.5. The van der Waals surface area contributed by atoms with Crippen LogP contribution in [0.5, 0.6) is 0 Å². The number of nitrogens with two attached hydrogens (primary N) is 1. The van der Waals surface area contributed by atoms with E-state index < -0.39 is 0 Å². The molecule has 0 spiro atoms. The maximum atomic E-state index is 9.30. The fraction of sp³-hybridized carbons (Fsp3) is 0.286. The Balaban J connectivity index is 2.10. The van der Waals surface area contributed by atoms with E-state index in [-0.39, 0.29) is 5.41 Å². The summed E-state index contributed by atoms with van der Waals surface area (Å²) in [6.45, 7) is 8.89. The smallest absolute Gasteiger partial charge is 0.156 e. The quantitative estimate of drug-likeness (QED) is 0.706. The molecule has 7 nitrogen and oxygen atoms in total. The normalized spacial score (nSPS) is 12.6. The topological polar surface area (TPSA) is 105 Å². The molecule has 3 aromatic rings. The van der Waals surface area contributed by atoms with Gasteiger partial charge in [0.05, 0.1) is 5.69 Å². The van der Waals surface area contributed by atoms with Gasteiger partial charge in [-0.3, -0.25) is 4.99 Å². The highest BCUT2D eigenvalue weighted by Crippen LogP contribution is 2.27. The Morgan fingerprint density at radius 3 is 2.75 bits per heavy atom.